The Morgan fingerprint density at radius 2 is 2.15 bits per heavy atom. The Morgan fingerprint density at radius 1 is 1.35 bits per heavy atom. The van der Waals surface area contributed by atoms with E-state index in [0.29, 0.717) is 5.92 Å². The van der Waals surface area contributed by atoms with E-state index in [9.17, 15) is 0 Å². The lowest BCUT2D eigenvalue weighted by molar-refractivity contribution is 0.410. The van der Waals surface area contributed by atoms with Crippen molar-refractivity contribution in [2.45, 2.75) is 33.1 Å². The number of nitrogens with one attached hydrogen (secondary N) is 1. The van der Waals surface area contributed by atoms with Gasteiger partial charge in [-0.05, 0) is 25.0 Å². The molecule has 2 aromatic rings. The smallest absolute Gasteiger partial charge is 0.202 e. The van der Waals surface area contributed by atoms with E-state index >= 15 is 0 Å². The molecular weight excluding hydrogens is 270 g/mol. The number of hydrogen-bond acceptors (Lipinski definition) is 5. The number of methoxy groups -OCH3 is 1. The summed E-state index contributed by atoms with van der Waals surface area (Å²) < 4.78 is 9.72. The van der Waals surface area contributed by atoms with Crippen molar-refractivity contribution >= 4 is 16.7 Å². The van der Waals surface area contributed by atoms with E-state index in [-0.39, 0.29) is 0 Å². The van der Waals surface area contributed by atoms with Gasteiger partial charge < -0.3 is 10.1 Å². The van der Waals surface area contributed by atoms with E-state index < -0.39 is 0 Å². The number of benzene rings is 1. The van der Waals surface area contributed by atoms with Crippen molar-refractivity contribution in [1.82, 2.24) is 9.36 Å². The van der Waals surface area contributed by atoms with E-state index in [0.717, 1.165) is 29.7 Å². The minimum Gasteiger partial charge on any atom is -0.496 e. The molecule has 0 fully saturated rings. The van der Waals surface area contributed by atoms with Gasteiger partial charge in [0, 0.05) is 24.0 Å². The maximum Gasteiger partial charge on any atom is 0.202 e. The van der Waals surface area contributed by atoms with Crippen molar-refractivity contribution in [1.29, 1.82) is 0 Å². The van der Waals surface area contributed by atoms with E-state index in [1.807, 2.05) is 6.07 Å². The fourth-order valence-electron chi connectivity index (χ4n) is 1.95. The maximum absolute atomic E-state index is 5.39. The fourth-order valence-corrected chi connectivity index (χ4v) is 2.68. The molecule has 4 nitrogen and oxygen atoms in total. The molecule has 0 bridgehead atoms. The largest absolute Gasteiger partial charge is 0.496 e. The number of hydrogen-bond donors (Lipinski definition) is 1. The second-order valence-corrected chi connectivity index (χ2v) is 5.86. The summed E-state index contributed by atoms with van der Waals surface area (Å²) in [6.07, 6.45) is 0.904. The molecule has 5 heteroatoms. The Kier molecular flexibility index (Phi) is 4.95. The van der Waals surface area contributed by atoms with Crippen LogP contribution in [0.25, 0.3) is 0 Å². The molecular formula is C15H21N3OS. The predicted molar refractivity (Wildman–Crippen MR) is 83.9 cm³/mol. The molecule has 0 aliphatic rings. The Labute approximate surface area is 124 Å². The van der Waals surface area contributed by atoms with E-state index in [2.05, 4.69) is 47.6 Å². The highest BCUT2D eigenvalue weighted by Gasteiger charge is 2.08. The number of ether oxygens (including phenoxy) is 1. The van der Waals surface area contributed by atoms with Crippen LogP contribution in [0.1, 0.15) is 36.7 Å². The van der Waals surface area contributed by atoms with Gasteiger partial charge in [-0.15, -0.1) is 0 Å². The first-order valence-corrected chi connectivity index (χ1v) is 7.58. The number of nitrogens with zero attached hydrogens (tertiary/aromatic N) is 2. The summed E-state index contributed by atoms with van der Waals surface area (Å²) in [5, 5.41) is 4.22. The molecule has 1 heterocycles. The molecule has 0 aliphatic heterocycles. The van der Waals surface area contributed by atoms with Crippen LogP contribution in [-0.2, 0) is 6.42 Å². The molecule has 1 N–H and O–H groups in total. The highest BCUT2D eigenvalue weighted by Crippen LogP contribution is 2.21. The van der Waals surface area contributed by atoms with Crippen molar-refractivity contribution in [2.75, 3.05) is 19.0 Å². The lowest BCUT2D eigenvalue weighted by Crippen LogP contribution is -2.06. The van der Waals surface area contributed by atoms with E-state index in [1.165, 1.54) is 22.7 Å². The SMILES string of the molecule is COc1ccc(C)cc1CCNc1nc(C(C)C)ns1. The first kappa shape index (κ1) is 14.8. The van der Waals surface area contributed by atoms with Crippen LogP contribution in [0.15, 0.2) is 18.2 Å². The first-order chi connectivity index (χ1) is 9.60. The van der Waals surface area contributed by atoms with Crippen LogP contribution in [0.4, 0.5) is 5.13 Å². The third-order valence-corrected chi connectivity index (χ3v) is 3.75. The van der Waals surface area contributed by atoms with Crippen molar-refractivity contribution in [3.8, 4) is 5.75 Å². The summed E-state index contributed by atoms with van der Waals surface area (Å²) >= 11 is 1.42. The molecule has 0 aliphatic carbocycles. The molecule has 1 aromatic carbocycles. The first-order valence-electron chi connectivity index (χ1n) is 6.81. The van der Waals surface area contributed by atoms with Gasteiger partial charge in [-0.3, -0.25) is 0 Å². The molecule has 0 amide bonds. The average Bonchev–Trinajstić information content (AvgIpc) is 2.88. The summed E-state index contributed by atoms with van der Waals surface area (Å²) in [5.74, 6) is 2.22. The second kappa shape index (κ2) is 6.70. The molecule has 20 heavy (non-hydrogen) atoms. The maximum atomic E-state index is 5.39. The monoisotopic (exact) mass is 291 g/mol. The fraction of sp³-hybridized carbons (Fsp3) is 0.467. The summed E-state index contributed by atoms with van der Waals surface area (Å²) in [6, 6.07) is 6.25. The standard InChI is InChI=1S/C15H21N3OS/c1-10(2)14-17-15(20-18-14)16-8-7-12-9-11(3)5-6-13(12)19-4/h5-6,9-10H,7-8H2,1-4H3,(H,16,17,18). The molecule has 0 saturated heterocycles. The second-order valence-electron chi connectivity index (χ2n) is 5.10. The van der Waals surface area contributed by atoms with Gasteiger partial charge >= 0.3 is 0 Å². The Bertz CT molecular complexity index is 566. The summed E-state index contributed by atoms with van der Waals surface area (Å²) in [4.78, 5) is 4.47. The van der Waals surface area contributed by atoms with Crippen molar-refractivity contribution < 1.29 is 4.74 Å². The topological polar surface area (TPSA) is 47.0 Å². The quantitative estimate of drug-likeness (QED) is 0.883. The number of rotatable bonds is 6. The van der Waals surface area contributed by atoms with Gasteiger partial charge in [-0.2, -0.15) is 4.37 Å². The molecule has 0 saturated carbocycles. The summed E-state index contributed by atoms with van der Waals surface area (Å²) in [5.41, 5.74) is 2.47. The lowest BCUT2D eigenvalue weighted by atomic mass is 10.1. The normalized spacial score (nSPS) is 10.8. The zero-order chi connectivity index (χ0) is 14.5. The van der Waals surface area contributed by atoms with Crippen molar-refractivity contribution in [3.05, 3.63) is 35.2 Å². The van der Waals surface area contributed by atoms with Crippen LogP contribution in [-0.4, -0.2) is 23.0 Å². The third kappa shape index (κ3) is 3.70. The number of aryl methyl sites for hydroxylation is 1. The minimum absolute atomic E-state index is 0.374. The van der Waals surface area contributed by atoms with Crippen LogP contribution in [0, 0.1) is 6.92 Å². The van der Waals surface area contributed by atoms with Gasteiger partial charge in [0.15, 0.2) is 0 Å². The van der Waals surface area contributed by atoms with Crippen LogP contribution in [0.3, 0.4) is 0 Å². The predicted octanol–water partition coefficient (Wildman–Crippen LogP) is 3.63. The van der Waals surface area contributed by atoms with Gasteiger partial charge in [0.1, 0.15) is 11.6 Å². The zero-order valence-electron chi connectivity index (χ0n) is 12.4. The van der Waals surface area contributed by atoms with Crippen molar-refractivity contribution in [2.24, 2.45) is 0 Å². The van der Waals surface area contributed by atoms with Gasteiger partial charge in [-0.25, -0.2) is 4.98 Å². The van der Waals surface area contributed by atoms with Crippen LogP contribution < -0.4 is 10.1 Å². The Hall–Kier alpha value is -1.62. The van der Waals surface area contributed by atoms with Crippen molar-refractivity contribution in [3.63, 3.8) is 0 Å². The van der Waals surface area contributed by atoms with Gasteiger partial charge in [0.2, 0.25) is 5.13 Å². The van der Waals surface area contributed by atoms with Gasteiger partial charge in [0.05, 0.1) is 7.11 Å². The lowest BCUT2D eigenvalue weighted by Gasteiger charge is -2.09. The molecule has 0 unspecified atom stereocenters. The molecule has 108 valence electrons. The summed E-state index contributed by atoms with van der Waals surface area (Å²) in [7, 11) is 1.71. The molecule has 0 atom stereocenters. The zero-order valence-corrected chi connectivity index (χ0v) is 13.3. The van der Waals surface area contributed by atoms with Crippen LogP contribution in [0.2, 0.25) is 0 Å². The highest BCUT2D eigenvalue weighted by molar-refractivity contribution is 7.09. The van der Waals surface area contributed by atoms with Gasteiger partial charge in [-0.1, -0.05) is 31.5 Å². The molecule has 0 spiro atoms. The van der Waals surface area contributed by atoms with E-state index in [1.54, 1.807) is 7.11 Å². The molecule has 1 aromatic heterocycles. The van der Waals surface area contributed by atoms with Crippen LogP contribution >= 0.6 is 11.5 Å². The molecule has 0 radical (unpaired) electrons. The van der Waals surface area contributed by atoms with E-state index in [4.69, 9.17) is 4.74 Å². The third-order valence-electron chi connectivity index (χ3n) is 3.06. The Balaban J connectivity index is 1.93. The highest BCUT2D eigenvalue weighted by atomic mass is 32.1. The minimum atomic E-state index is 0.374. The van der Waals surface area contributed by atoms with Gasteiger partial charge in [0.25, 0.3) is 0 Å². The van der Waals surface area contributed by atoms with Crippen LogP contribution in [0.5, 0.6) is 5.75 Å². The summed E-state index contributed by atoms with van der Waals surface area (Å²) in [6.45, 7) is 7.12. The molecule has 2 rings (SSSR count). The number of aromatic nitrogens is 2. The average molecular weight is 291 g/mol. The Morgan fingerprint density at radius 3 is 2.80 bits per heavy atom. The number of anilines is 1.